The van der Waals surface area contributed by atoms with Gasteiger partial charge in [0.2, 0.25) is 5.88 Å². The number of aromatic nitrogens is 2. The molecular weight excluding hydrogens is 525 g/mol. The van der Waals surface area contributed by atoms with E-state index in [1.807, 2.05) is 6.92 Å². The summed E-state index contributed by atoms with van der Waals surface area (Å²) in [6.45, 7) is 2.72. The molecule has 0 bridgehead atoms. The Morgan fingerprint density at radius 3 is 2.56 bits per heavy atom. The molecule has 0 saturated carbocycles. The topological polar surface area (TPSA) is 53.5 Å². The van der Waals surface area contributed by atoms with E-state index < -0.39 is 0 Å². The zero-order chi connectivity index (χ0) is 19.4. The largest absolute Gasteiger partial charge is 0.434 e. The Balaban J connectivity index is 1.83. The molecule has 1 fully saturated rings. The van der Waals surface area contributed by atoms with E-state index in [1.54, 1.807) is 18.2 Å². The van der Waals surface area contributed by atoms with E-state index in [-0.39, 0.29) is 23.4 Å². The van der Waals surface area contributed by atoms with Gasteiger partial charge in [0.25, 0.3) is 0 Å². The molecule has 0 spiro atoms. The standard InChI is InChI=1S/C18H18Cl3IN2O3/c1-2-14(26-16-5-3-4-6-25-16)11-9-15(23-24-18(11)21)27-17-12(19)7-10(22)8-13(17)20/h7-9,14,16H,2-6H2,1H3. The van der Waals surface area contributed by atoms with Crippen molar-refractivity contribution in [3.63, 3.8) is 0 Å². The first-order chi connectivity index (χ1) is 13.0. The Labute approximate surface area is 186 Å². The fourth-order valence-electron chi connectivity index (χ4n) is 2.77. The maximum absolute atomic E-state index is 6.27. The second kappa shape index (κ2) is 9.89. The summed E-state index contributed by atoms with van der Waals surface area (Å²) < 4.78 is 18.5. The van der Waals surface area contributed by atoms with Gasteiger partial charge >= 0.3 is 0 Å². The fourth-order valence-corrected chi connectivity index (χ4v) is 4.54. The lowest BCUT2D eigenvalue weighted by atomic mass is 10.1. The summed E-state index contributed by atoms with van der Waals surface area (Å²) in [5, 5.41) is 9.04. The molecule has 0 N–H and O–H groups in total. The molecule has 1 aliphatic rings. The van der Waals surface area contributed by atoms with Gasteiger partial charge in [0.15, 0.2) is 17.2 Å². The molecule has 0 aliphatic carbocycles. The van der Waals surface area contributed by atoms with Gasteiger partial charge in [-0.1, -0.05) is 41.7 Å². The van der Waals surface area contributed by atoms with E-state index in [9.17, 15) is 0 Å². The van der Waals surface area contributed by atoms with Crippen LogP contribution in [0.3, 0.4) is 0 Å². The lowest BCUT2D eigenvalue weighted by Crippen LogP contribution is -2.24. The number of nitrogens with zero attached hydrogens (tertiary/aromatic N) is 2. The maximum atomic E-state index is 6.27. The quantitative estimate of drug-likeness (QED) is 0.374. The number of halogens is 4. The average Bonchev–Trinajstić information content (AvgIpc) is 2.65. The summed E-state index contributed by atoms with van der Waals surface area (Å²) in [7, 11) is 0. The first-order valence-corrected chi connectivity index (χ1v) is 10.8. The highest BCUT2D eigenvalue weighted by molar-refractivity contribution is 14.1. The third kappa shape index (κ3) is 5.58. The van der Waals surface area contributed by atoms with Gasteiger partial charge in [-0.2, -0.15) is 0 Å². The van der Waals surface area contributed by atoms with E-state index >= 15 is 0 Å². The molecule has 2 heterocycles. The summed E-state index contributed by atoms with van der Waals surface area (Å²) in [5.74, 6) is 0.567. The van der Waals surface area contributed by atoms with Crippen LogP contribution in [-0.2, 0) is 9.47 Å². The summed E-state index contributed by atoms with van der Waals surface area (Å²) >= 11 is 20.9. The van der Waals surface area contributed by atoms with Crippen molar-refractivity contribution in [2.45, 2.75) is 45.0 Å². The molecule has 5 nitrogen and oxygen atoms in total. The Hall–Kier alpha value is -0.380. The van der Waals surface area contributed by atoms with Crippen LogP contribution < -0.4 is 4.74 Å². The number of hydrogen-bond donors (Lipinski definition) is 0. The van der Waals surface area contributed by atoms with Crippen LogP contribution in [0.2, 0.25) is 15.2 Å². The van der Waals surface area contributed by atoms with Gasteiger partial charge in [-0.3, -0.25) is 0 Å². The molecular formula is C18H18Cl3IN2O3. The van der Waals surface area contributed by atoms with Crippen LogP contribution in [0.25, 0.3) is 0 Å². The minimum atomic E-state index is -0.277. The molecule has 1 aromatic heterocycles. The van der Waals surface area contributed by atoms with Crippen LogP contribution >= 0.6 is 57.4 Å². The molecule has 2 unspecified atom stereocenters. The molecule has 2 aromatic rings. The smallest absolute Gasteiger partial charge is 0.239 e. The second-order valence-corrected chi connectivity index (χ2v) is 8.48. The van der Waals surface area contributed by atoms with Crippen molar-refractivity contribution in [3.05, 3.63) is 42.5 Å². The lowest BCUT2D eigenvalue weighted by molar-refractivity contribution is -0.190. The first kappa shape index (κ1) is 21.3. The lowest BCUT2D eigenvalue weighted by Gasteiger charge is -2.27. The van der Waals surface area contributed by atoms with Gasteiger partial charge in [-0.25, -0.2) is 0 Å². The SMILES string of the molecule is CCC(OC1CCCCO1)c1cc(Oc2c(Cl)cc(I)cc2Cl)nnc1Cl. The molecule has 3 rings (SSSR count). The van der Waals surface area contributed by atoms with E-state index in [2.05, 4.69) is 32.8 Å². The van der Waals surface area contributed by atoms with Crippen molar-refractivity contribution < 1.29 is 14.2 Å². The maximum Gasteiger partial charge on any atom is 0.239 e. The summed E-state index contributed by atoms with van der Waals surface area (Å²) in [5.41, 5.74) is 0.691. The monoisotopic (exact) mass is 542 g/mol. The predicted octanol–water partition coefficient (Wildman–Crippen LogP) is 6.83. The normalized spacial score (nSPS) is 18.3. The first-order valence-electron chi connectivity index (χ1n) is 8.60. The number of ether oxygens (including phenoxy) is 3. The number of benzene rings is 1. The average molecular weight is 544 g/mol. The molecule has 1 saturated heterocycles. The Morgan fingerprint density at radius 1 is 1.19 bits per heavy atom. The van der Waals surface area contributed by atoms with Gasteiger partial charge in [0.05, 0.1) is 16.1 Å². The summed E-state index contributed by atoms with van der Waals surface area (Å²) in [4.78, 5) is 0. The van der Waals surface area contributed by atoms with E-state index in [0.717, 1.165) is 22.8 Å². The van der Waals surface area contributed by atoms with Gasteiger partial charge in [0, 0.05) is 21.8 Å². The molecule has 146 valence electrons. The minimum Gasteiger partial charge on any atom is -0.434 e. The Morgan fingerprint density at radius 2 is 1.93 bits per heavy atom. The van der Waals surface area contributed by atoms with Crippen LogP contribution in [0.4, 0.5) is 0 Å². The molecule has 1 aliphatic heterocycles. The highest BCUT2D eigenvalue weighted by Crippen LogP contribution is 2.38. The zero-order valence-electron chi connectivity index (χ0n) is 14.6. The van der Waals surface area contributed by atoms with Crippen LogP contribution in [0.15, 0.2) is 18.2 Å². The van der Waals surface area contributed by atoms with Crippen molar-refractivity contribution in [3.8, 4) is 11.6 Å². The predicted molar refractivity (Wildman–Crippen MR) is 114 cm³/mol. The molecule has 2 atom stereocenters. The van der Waals surface area contributed by atoms with Crippen molar-refractivity contribution in [1.82, 2.24) is 10.2 Å². The fraction of sp³-hybridized carbons (Fsp3) is 0.444. The minimum absolute atomic E-state index is 0.239. The highest BCUT2D eigenvalue weighted by Gasteiger charge is 2.23. The van der Waals surface area contributed by atoms with E-state index in [4.69, 9.17) is 49.0 Å². The van der Waals surface area contributed by atoms with E-state index in [1.165, 1.54) is 0 Å². The van der Waals surface area contributed by atoms with E-state index in [0.29, 0.717) is 34.4 Å². The zero-order valence-corrected chi connectivity index (χ0v) is 19.0. The summed E-state index contributed by atoms with van der Waals surface area (Å²) in [6.07, 6.45) is 3.20. The van der Waals surface area contributed by atoms with Crippen LogP contribution in [0, 0.1) is 3.57 Å². The van der Waals surface area contributed by atoms with Gasteiger partial charge in [-0.05, 0) is 60.4 Å². The van der Waals surface area contributed by atoms with Crippen molar-refractivity contribution in [2.75, 3.05) is 6.61 Å². The van der Waals surface area contributed by atoms with Crippen molar-refractivity contribution in [2.24, 2.45) is 0 Å². The number of hydrogen-bond acceptors (Lipinski definition) is 5. The number of rotatable bonds is 6. The van der Waals surface area contributed by atoms with Crippen LogP contribution in [0.5, 0.6) is 11.6 Å². The second-order valence-electron chi connectivity index (χ2n) is 6.06. The third-order valence-corrected chi connectivity index (χ3v) is 5.57. The van der Waals surface area contributed by atoms with Crippen molar-refractivity contribution in [1.29, 1.82) is 0 Å². The van der Waals surface area contributed by atoms with Crippen LogP contribution in [0.1, 0.15) is 44.3 Å². The third-order valence-electron chi connectivity index (χ3n) is 4.09. The van der Waals surface area contributed by atoms with Gasteiger partial charge in [-0.15, -0.1) is 10.2 Å². The molecule has 0 radical (unpaired) electrons. The highest BCUT2D eigenvalue weighted by atomic mass is 127. The van der Waals surface area contributed by atoms with Crippen molar-refractivity contribution >= 4 is 57.4 Å². The summed E-state index contributed by atoms with van der Waals surface area (Å²) in [6, 6.07) is 5.22. The molecule has 27 heavy (non-hydrogen) atoms. The molecule has 0 amide bonds. The van der Waals surface area contributed by atoms with Crippen LogP contribution in [-0.4, -0.2) is 23.1 Å². The van der Waals surface area contributed by atoms with Gasteiger partial charge in [0.1, 0.15) is 0 Å². The van der Waals surface area contributed by atoms with Gasteiger partial charge < -0.3 is 14.2 Å². The molecule has 9 heteroatoms. The Bertz CT molecular complexity index is 780. The Kier molecular flexibility index (Phi) is 7.82. The molecule has 1 aromatic carbocycles.